The van der Waals surface area contributed by atoms with Gasteiger partial charge in [0.25, 0.3) is 0 Å². The van der Waals surface area contributed by atoms with Crippen molar-refractivity contribution < 1.29 is 14.3 Å². The molecular weight excluding hydrogens is 206 g/mol. The van der Waals surface area contributed by atoms with E-state index in [0.717, 1.165) is 19.4 Å². The maximum Gasteiger partial charge on any atom is 0.307 e. The van der Waals surface area contributed by atoms with Gasteiger partial charge in [0.1, 0.15) is 0 Å². The second-order valence-electron chi connectivity index (χ2n) is 4.48. The standard InChI is InChI=1S/C12H23NO3/c1-4-15-12(14)7-9(2)13-11-5-6-16-10(3)8-11/h9-11,13H,4-8H2,1-3H3. The van der Waals surface area contributed by atoms with Crippen molar-refractivity contribution in [1.82, 2.24) is 5.32 Å². The van der Waals surface area contributed by atoms with Crippen LogP contribution in [0.25, 0.3) is 0 Å². The normalized spacial score (nSPS) is 27.4. The van der Waals surface area contributed by atoms with E-state index >= 15 is 0 Å². The maximum absolute atomic E-state index is 11.3. The minimum atomic E-state index is -0.123. The van der Waals surface area contributed by atoms with Crippen LogP contribution in [0.4, 0.5) is 0 Å². The van der Waals surface area contributed by atoms with Gasteiger partial charge in [0.2, 0.25) is 0 Å². The molecule has 0 aromatic rings. The second-order valence-corrected chi connectivity index (χ2v) is 4.48. The average molecular weight is 229 g/mol. The molecule has 1 aliphatic heterocycles. The molecule has 16 heavy (non-hydrogen) atoms. The quantitative estimate of drug-likeness (QED) is 0.725. The summed E-state index contributed by atoms with van der Waals surface area (Å²) >= 11 is 0. The third-order valence-electron chi connectivity index (χ3n) is 2.78. The highest BCUT2D eigenvalue weighted by atomic mass is 16.5. The predicted molar refractivity (Wildman–Crippen MR) is 62.3 cm³/mol. The van der Waals surface area contributed by atoms with E-state index in [4.69, 9.17) is 9.47 Å². The van der Waals surface area contributed by atoms with Crippen molar-refractivity contribution in [3.63, 3.8) is 0 Å². The Labute approximate surface area is 97.7 Å². The number of esters is 1. The molecule has 1 fully saturated rings. The first kappa shape index (κ1) is 13.5. The van der Waals surface area contributed by atoms with E-state index in [1.54, 1.807) is 0 Å². The number of nitrogens with one attached hydrogen (secondary N) is 1. The van der Waals surface area contributed by atoms with Crippen LogP contribution in [0.2, 0.25) is 0 Å². The van der Waals surface area contributed by atoms with Crippen LogP contribution in [0, 0.1) is 0 Å². The second kappa shape index (κ2) is 6.86. The van der Waals surface area contributed by atoms with Crippen LogP contribution in [0.15, 0.2) is 0 Å². The van der Waals surface area contributed by atoms with E-state index in [9.17, 15) is 4.79 Å². The molecule has 4 heteroatoms. The van der Waals surface area contributed by atoms with Gasteiger partial charge in [0.15, 0.2) is 0 Å². The highest BCUT2D eigenvalue weighted by Gasteiger charge is 2.21. The Kier molecular flexibility index (Phi) is 5.77. The Morgan fingerprint density at radius 1 is 1.62 bits per heavy atom. The lowest BCUT2D eigenvalue weighted by atomic mass is 10.0. The van der Waals surface area contributed by atoms with Crippen LogP contribution in [0.5, 0.6) is 0 Å². The first-order valence-electron chi connectivity index (χ1n) is 6.15. The largest absolute Gasteiger partial charge is 0.466 e. The van der Waals surface area contributed by atoms with Crippen LogP contribution < -0.4 is 5.32 Å². The van der Waals surface area contributed by atoms with Gasteiger partial charge in [0, 0.05) is 18.7 Å². The third kappa shape index (κ3) is 4.94. The number of hydrogen-bond donors (Lipinski definition) is 1. The fraction of sp³-hybridized carbons (Fsp3) is 0.917. The van der Waals surface area contributed by atoms with Crippen molar-refractivity contribution in [2.75, 3.05) is 13.2 Å². The van der Waals surface area contributed by atoms with Gasteiger partial charge in [-0.15, -0.1) is 0 Å². The van der Waals surface area contributed by atoms with Crippen LogP contribution in [-0.4, -0.2) is 37.4 Å². The first-order chi connectivity index (χ1) is 7.61. The number of carbonyl (C=O) groups is 1. The summed E-state index contributed by atoms with van der Waals surface area (Å²) in [7, 11) is 0. The van der Waals surface area contributed by atoms with E-state index in [0.29, 0.717) is 25.2 Å². The molecule has 4 nitrogen and oxygen atoms in total. The molecule has 0 radical (unpaired) electrons. The van der Waals surface area contributed by atoms with Gasteiger partial charge in [0.05, 0.1) is 19.1 Å². The minimum absolute atomic E-state index is 0.123. The Morgan fingerprint density at radius 2 is 2.38 bits per heavy atom. The molecule has 94 valence electrons. The van der Waals surface area contributed by atoms with Gasteiger partial charge in [-0.25, -0.2) is 0 Å². The van der Waals surface area contributed by atoms with Crippen LogP contribution in [0.3, 0.4) is 0 Å². The van der Waals surface area contributed by atoms with E-state index < -0.39 is 0 Å². The lowest BCUT2D eigenvalue weighted by Gasteiger charge is -2.30. The molecule has 1 aliphatic rings. The molecule has 3 unspecified atom stereocenters. The zero-order valence-electron chi connectivity index (χ0n) is 10.5. The predicted octanol–water partition coefficient (Wildman–Crippen LogP) is 1.49. The van der Waals surface area contributed by atoms with Crippen molar-refractivity contribution in [3.05, 3.63) is 0 Å². The Morgan fingerprint density at radius 3 is 3.00 bits per heavy atom. The topological polar surface area (TPSA) is 47.6 Å². The van der Waals surface area contributed by atoms with Gasteiger partial charge in [-0.05, 0) is 33.6 Å². The minimum Gasteiger partial charge on any atom is -0.466 e. The van der Waals surface area contributed by atoms with E-state index in [2.05, 4.69) is 12.2 Å². The van der Waals surface area contributed by atoms with Crippen molar-refractivity contribution >= 4 is 5.97 Å². The summed E-state index contributed by atoms with van der Waals surface area (Å²) < 4.78 is 10.4. The number of ether oxygens (including phenoxy) is 2. The summed E-state index contributed by atoms with van der Waals surface area (Å²) in [5, 5.41) is 3.46. The zero-order valence-corrected chi connectivity index (χ0v) is 10.5. The Hall–Kier alpha value is -0.610. The molecule has 0 aliphatic carbocycles. The maximum atomic E-state index is 11.3. The van der Waals surface area contributed by atoms with E-state index in [1.165, 1.54) is 0 Å². The molecule has 3 atom stereocenters. The average Bonchev–Trinajstić information content (AvgIpc) is 2.17. The number of rotatable bonds is 5. The molecule has 0 bridgehead atoms. The zero-order chi connectivity index (χ0) is 12.0. The molecule has 0 amide bonds. The monoisotopic (exact) mass is 229 g/mol. The fourth-order valence-corrected chi connectivity index (χ4v) is 2.08. The van der Waals surface area contributed by atoms with Crippen LogP contribution in [-0.2, 0) is 14.3 Å². The molecule has 1 saturated heterocycles. The van der Waals surface area contributed by atoms with Gasteiger partial charge < -0.3 is 14.8 Å². The third-order valence-corrected chi connectivity index (χ3v) is 2.78. The lowest BCUT2D eigenvalue weighted by molar-refractivity contribution is -0.143. The molecule has 0 spiro atoms. The first-order valence-corrected chi connectivity index (χ1v) is 6.15. The molecule has 1 heterocycles. The summed E-state index contributed by atoms with van der Waals surface area (Å²) in [6.07, 6.45) is 2.81. The van der Waals surface area contributed by atoms with Crippen molar-refractivity contribution in [1.29, 1.82) is 0 Å². The molecular formula is C12H23NO3. The highest BCUT2D eigenvalue weighted by Crippen LogP contribution is 2.14. The van der Waals surface area contributed by atoms with Gasteiger partial charge >= 0.3 is 5.97 Å². The van der Waals surface area contributed by atoms with Crippen molar-refractivity contribution in [2.24, 2.45) is 0 Å². The molecule has 1 rings (SSSR count). The lowest BCUT2D eigenvalue weighted by Crippen LogP contribution is -2.43. The highest BCUT2D eigenvalue weighted by molar-refractivity contribution is 5.70. The Balaban J connectivity index is 2.22. The van der Waals surface area contributed by atoms with Crippen LogP contribution >= 0.6 is 0 Å². The SMILES string of the molecule is CCOC(=O)CC(C)NC1CCOC(C)C1. The van der Waals surface area contributed by atoms with Gasteiger partial charge in [-0.3, -0.25) is 4.79 Å². The molecule has 0 saturated carbocycles. The smallest absolute Gasteiger partial charge is 0.307 e. The van der Waals surface area contributed by atoms with Gasteiger partial charge in [-0.2, -0.15) is 0 Å². The Bertz CT molecular complexity index is 220. The molecule has 0 aromatic carbocycles. The van der Waals surface area contributed by atoms with Gasteiger partial charge in [-0.1, -0.05) is 0 Å². The molecule has 1 N–H and O–H groups in total. The van der Waals surface area contributed by atoms with Crippen molar-refractivity contribution in [3.8, 4) is 0 Å². The van der Waals surface area contributed by atoms with E-state index in [1.807, 2.05) is 13.8 Å². The van der Waals surface area contributed by atoms with Crippen LogP contribution in [0.1, 0.15) is 40.0 Å². The van der Waals surface area contributed by atoms with Crippen molar-refractivity contribution in [2.45, 2.75) is 58.2 Å². The molecule has 0 aromatic heterocycles. The number of hydrogen-bond acceptors (Lipinski definition) is 4. The summed E-state index contributed by atoms with van der Waals surface area (Å²) in [6.45, 7) is 7.21. The summed E-state index contributed by atoms with van der Waals surface area (Å²) in [5.74, 6) is -0.123. The summed E-state index contributed by atoms with van der Waals surface area (Å²) in [4.78, 5) is 11.3. The fourth-order valence-electron chi connectivity index (χ4n) is 2.08. The summed E-state index contributed by atoms with van der Waals surface area (Å²) in [5.41, 5.74) is 0. The summed E-state index contributed by atoms with van der Waals surface area (Å²) in [6, 6.07) is 0.641. The van der Waals surface area contributed by atoms with E-state index in [-0.39, 0.29) is 12.0 Å². The number of carbonyl (C=O) groups excluding carboxylic acids is 1.